The van der Waals surface area contributed by atoms with E-state index in [0.717, 1.165) is 28.2 Å². The number of anilines is 3. The normalized spacial score (nSPS) is 12.4. The average Bonchev–Trinajstić information content (AvgIpc) is 3.12. The van der Waals surface area contributed by atoms with Crippen molar-refractivity contribution in [1.82, 2.24) is 4.98 Å². The van der Waals surface area contributed by atoms with Crippen molar-refractivity contribution in [2.75, 3.05) is 29.1 Å². The number of pyridine rings is 1. The molecular formula is C27H23FN4O2S. The van der Waals surface area contributed by atoms with Crippen LogP contribution in [0.4, 0.5) is 21.6 Å². The van der Waals surface area contributed by atoms with Crippen LogP contribution in [0.1, 0.15) is 31.2 Å². The second kappa shape index (κ2) is 9.31. The van der Waals surface area contributed by atoms with E-state index in [4.69, 9.17) is 0 Å². The molecule has 176 valence electrons. The van der Waals surface area contributed by atoms with Crippen LogP contribution in [0.3, 0.4) is 0 Å². The van der Waals surface area contributed by atoms with Crippen LogP contribution >= 0.6 is 11.3 Å². The Morgan fingerprint density at radius 1 is 1.06 bits per heavy atom. The summed E-state index contributed by atoms with van der Waals surface area (Å²) in [5, 5.41) is 5.73. The summed E-state index contributed by atoms with van der Waals surface area (Å²) in [4.78, 5) is 32.9. The molecule has 0 bridgehead atoms. The standard InChI is InChI=1S/C27H23FN4O2S/c1-16-7-12-22(30-15-16)31-26(33)25-23(28)20-13-14-32(21-6-4-3-5-19(21)24(20)35-25)27(34)17-8-10-18(29-2)11-9-17/h3-12,15,29H,13-14H2,1-2H3,(H,30,31,33). The van der Waals surface area contributed by atoms with Crippen molar-refractivity contribution < 1.29 is 14.0 Å². The molecule has 35 heavy (non-hydrogen) atoms. The lowest BCUT2D eigenvalue weighted by Crippen LogP contribution is -2.32. The zero-order valence-corrected chi connectivity index (χ0v) is 20.1. The van der Waals surface area contributed by atoms with Gasteiger partial charge in [-0.15, -0.1) is 11.3 Å². The number of nitrogens with zero attached hydrogens (tertiary/aromatic N) is 2. The van der Waals surface area contributed by atoms with Gasteiger partial charge in [-0.1, -0.05) is 24.3 Å². The van der Waals surface area contributed by atoms with Gasteiger partial charge in [0, 0.05) is 47.0 Å². The number of carbonyl (C=O) groups is 2. The minimum absolute atomic E-state index is 0.00890. The number of amides is 2. The number of aromatic nitrogens is 1. The Morgan fingerprint density at radius 3 is 2.54 bits per heavy atom. The molecule has 0 spiro atoms. The number of benzene rings is 2. The molecule has 2 amide bonds. The average molecular weight is 487 g/mol. The fourth-order valence-electron chi connectivity index (χ4n) is 4.14. The Hall–Kier alpha value is -4.04. The third-order valence-electron chi connectivity index (χ3n) is 5.99. The first-order valence-corrected chi connectivity index (χ1v) is 12.0. The fourth-order valence-corrected chi connectivity index (χ4v) is 5.30. The van der Waals surface area contributed by atoms with E-state index in [1.807, 2.05) is 56.4 Å². The van der Waals surface area contributed by atoms with Gasteiger partial charge in [-0.05, 0) is 55.3 Å². The molecule has 0 unspecified atom stereocenters. The first kappa shape index (κ1) is 22.7. The van der Waals surface area contributed by atoms with Gasteiger partial charge in [-0.3, -0.25) is 9.59 Å². The van der Waals surface area contributed by atoms with E-state index in [9.17, 15) is 9.59 Å². The van der Waals surface area contributed by atoms with Crippen molar-refractivity contribution in [2.24, 2.45) is 0 Å². The molecule has 2 aromatic carbocycles. The Balaban J connectivity index is 1.49. The number of rotatable bonds is 4. The van der Waals surface area contributed by atoms with E-state index in [1.54, 1.807) is 29.3 Å². The third-order valence-corrected chi connectivity index (χ3v) is 7.23. The van der Waals surface area contributed by atoms with Crippen molar-refractivity contribution in [3.8, 4) is 10.4 Å². The summed E-state index contributed by atoms with van der Waals surface area (Å²) in [5.41, 5.74) is 4.30. The van der Waals surface area contributed by atoms with Crippen molar-refractivity contribution in [3.63, 3.8) is 0 Å². The molecule has 2 N–H and O–H groups in total. The maximum Gasteiger partial charge on any atom is 0.269 e. The van der Waals surface area contributed by atoms with Gasteiger partial charge in [0.25, 0.3) is 11.8 Å². The van der Waals surface area contributed by atoms with Crippen LogP contribution in [-0.2, 0) is 6.42 Å². The molecule has 6 nitrogen and oxygen atoms in total. The second-order valence-electron chi connectivity index (χ2n) is 8.28. The Bertz CT molecular complexity index is 1410. The molecule has 0 saturated carbocycles. The van der Waals surface area contributed by atoms with E-state index < -0.39 is 11.7 Å². The first-order chi connectivity index (χ1) is 17.0. The molecule has 1 aliphatic rings. The van der Waals surface area contributed by atoms with Gasteiger partial charge in [0.2, 0.25) is 0 Å². The zero-order chi connectivity index (χ0) is 24.5. The molecule has 4 aromatic rings. The summed E-state index contributed by atoms with van der Waals surface area (Å²) in [6.07, 6.45) is 1.94. The number of hydrogen-bond acceptors (Lipinski definition) is 5. The van der Waals surface area contributed by atoms with Crippen LogP contribution in [0.5, 0.6) is 0 Å². The summed E-state index contributed by atoms with van der Waals surface area (Å²) >= 11 is 1.10. The van der Waals surface area contributed by atoms with Gasteiger partial charge < -0.3 is 15.5 Å². The molecule has 5 rings (SSSR count). The van der Waals surface area contributed by atoms with E-state index in [1.165, 1.54) is 0 Å². The lowest BCUT2D eigenvalue weighted by Gasteiger charge is -2.23. The highest BCUT2D eigenvalue weighted by Gasteiger charge is 2.31. The Morgan fingerprint density at radius 2 is 1.83 bits per heavy atom. The van der Waals surface area contributed by atoms with Crippen molar-refractivity contribution in [1.29, 1.82) is 0 Å². The second-order valence-corrected chi connectivity index (χ2v) is 9.30. The monoisotopic (exact) mass is 486 g/mol. The minimum Gasteiger partial charge on any atom is -0.388 e. The SMILES string of the molecule is CNc1ccc(C(=O)N2CCc3c(sc(C(=O)Nc4ccc(C)cn4)c3F)-c3ccccc32)cc1. The van der Waals surface area contributed by atoms with Gasteiger partial charge in [0.1, 0.15) is 10.7 Å². The molecule has 8 heteroatoms. The highest BCUT2D eigenvalue weighted by Crippen LogP contribution is 2.43. The summed E-state index contributed by atoms with van der Waals surface area (Å²) in [6, 6.07) is 18.2. The molecule has 0 saturated heterocycles. The van der Waals surface area contributed by atoms with Crippen molar-refractivity contribution >= 4 is 40.3 Å². The third kappa shape index (κ3) is 4.28. The van der Waals surface area contributed by atoms with E-state index in [-0.39, 0.29) is 10.8 Å². The number of halogens is 1. The van der Waals surface area contributed by atoms with Crippen molar-refractivity contribution in [3.05, 3.63) is 94.2 Å². The van der Waals surface area contributed by atoms with Crippen LogP contribution in [-0.4, -0.2) is 30.4 Å². The number of aryl methyl sites for hydroxylation is 1. The first-order valence-electron chi connectivity index (χ1n) is 11.2. The van der Waals surface area contributed by atoms with Crippen LogP contribution in [0, 0.1) is 12.7 Å². The Labute approximate surface area is 206 Å². The number of fused-ring (bicyclic) bond motifs is 3. The highest BCUT2D eigenvalue weighted by atomic mass is 32.1. The van der Waals surface area contributed by atoms with E-state index in [2.05, 4.69) is 15.6 Å². The number of para-hydroxylation sites is 1. The molecule has 0 fully saturated rings. The van der Waals surface area contributed by atoms with E-state index in [0.29, 0.717) is 40.5 Å². The van der Waals surface area contributed by atoms with Gasteiger partial charge in [0.15, 0.2) is 5.82 Å². The zero-order valence-electron chi connectivity index (χ0n) is 19.3. The summed E-state index contributed by atoms with van der Waals surface area (Å²) in [5.74, 6) is -0.867. The molecule has 1 aliphatic heterocycles. The van der Waals surface area contributed by atoms with Gasteiger partial charge in [0.05, 0.1) is 5.69 Å². The molecule has 0 radical (unpaired) electrons. The van der Waals surface area contributed by atoms with E-state index >= 15 is 4.39 Å². The topological polar surface area (TPSA) is 74.3 Å². The van der Waals surface area contributed by atoms with Gasteiger partial charge in [-0.25, -0.2) is 9.37 Å². The predicted molar refractivity (Wildman–Crippen MR) is 138 cm³/mol. The van der Waals surface area contributed by atoms with Crippen LogP contribution < -0.4 is 15.5 Å². The minimum atomic E-state index is -0.544. The quantitative estimate of drug-likeness (QED) is 0.385. The number of carbonyl (C=O) groups excluding carboxylic acids is 2. The summed E-state index contributed by atoms with van der Waals surface area (Å²) < 4.78 is 15.6. The van der Waals surface area contributed by atoms with Crippen LogP contribution in [0.25, 0.3) is 10.4 Å². The number of nitrogens with one attached hydrogen (secondary N) is 2. The molecular weight excluding hydrogens is 463 g/mol. The van der Waals surface area contributed by atoms with Gasteiger partial charge >= 0.3 is 0 Å². The summed E-state index contributed by atoms with van der Waals surface area (Å²) in [7, 11) is 1.82. The van der Waals surface area contributed by atoms with Crippen molar-refractivity contribution in [2.45, 2.75) is 13.3 Å². The maximum absolute atomic E-state index is 15.6. The number of thiophene rings is 1. The highest BCUT2D eigenvalue weighted by molar-refractivity contribution is 7.17. The lowest BCUT2D eigenvalue weighted by molar-refractivity contribution is 0.0985. The van der Waals surface area contributed by atoms with Gasteiger partial charge in [-0.2, -0.15) is 0 Å². The predicted octanol–water partition coefficient (Wildman–Crippen LogP) is 5.75. The summed E-state index contributed by atoms with van der Waals surface area (Å²) in [6.45, 7) is 2.20. The molecule has 0 aliphatic carbocycles. The van der Waals surface area contributed by atoms with Crippen LogP contribution in [0.2, 0.25) is 0 Å². The largest absolute Gasteiger partial charge is 0.388 e. The van der Waals surface area contributed by atoms with Crippen LogP contribution in [0.15, 0.2) is 66.9 Å². The molecule has 0 atom stereocenters. The molecule has 3 heterocycles. The number of hydrogen-bond donors (Lipinski definition) is 2. The lowest BCUT2D eigenvalue weighted by atomic mass is 10.1. The fraction of sp³-hybridized carbons (Fsp3) is 0.148. The maximum atomic E-state index is 15.6. The smallest absolute Gasteiger partial charge is 0.269 e. The Kier molecular flexibility index (Phi) is 6.05. The molecule has 2 aromatic heterocycles.